The van der Waals surface area contributed by atoms with Crippen molar-refractivity contribution in [1.82, 2.24) is 15.2 Å². The van der Waals surface area contributed by atoms with Gasteiger partial charge in [0.15, 0.2) is 9.84 Å². The molecule has 0 bridgehead atoms. The Morgan fingerprint density at radius 3 is 3.06 bits per heavy atom. The maximum atomic E-state index is 11.7. The molecule has 2 unspecified atom stereocenters. The number of nitrogens with one attached hydrogen (secondary N) is 1. The van der Waals surface area contributed by atoms with Gasteiger partial charge in [-0.15, -0.1) is 0 Å². The number of nitrogens with zero attached hydrogens (tertiary/aromatic N) is 2. The van der Waals surface area contributed by atoms with E-state index in [9.17, 15) is 8.42 Å². The number of sulfone groups is 1. The van der Waals surface area contributed by atoms with Gasteiger partial charge in [-0.2, -0.15) is 0 Å². The molecule has 1 aromatic heterocycles. The van der Waals surface area contributed by atoms with E-state index in [1.807, 2.05) is 18.2 Å². The predicted octanol–water partition coefficient (Wildman–Crippen LogP) is -0.348. The minimum atomic E-state index is -2.88. The van der Waals surface area contributed by atoms with Gasteiger partial charge in [0.1, 0.15) is 0 Å². The number of pyridine rings is 1. The van der Waals surface area contributed by atoms with Crippen molar-refractivity contribution in [3.8, 4) is 0 Å². The molecule has 0 amide bonds. The van der Waals surface area contributed by atoms with Gasteiger partial charge in [-0.3, -0.25) is 9.88 Å². The summed E-state index contributed by atoms with van der Waals surface area (Å²) >= 11 is 0. The maximum Gasteiger partial charge on any atom is 0.153 e. The number of aromatic nitrogens is 1. The van der Waals surface area contributed by atoms with Crippen LogP contribution in [0.5, 0.6) is 0 Å². The minimum absolute atomic E-state index is 0.0902. The van der Waals surface area contributed by atoms with E-state index in [-0.39, 0.29) is 23.6 Å². The second-order valence-corrected chi connectivity index (χ2v) is 7.15. The lowest BCUT2D eigenvalue weighted by atomic mass is 10.1. The van der Waals surface area contributed by atoms with Crippen molar-refractivity contribution in [3.63, 3.8) is 0 Å². The Balaban J connectivity index is 1.76. The Labute approximate surface area is 107 Å². The van der Waals surface area contributed by atoms with E-state index in [1.165, 1.54) is 0 Å². The largest absolute Gasteiger partial charge is 0.310 e. The quantitative estimate of drug-likeness (QED) is 0.794. The molecule has 2 atom stereocenters. The number of piperazine rings is 1. The fourth-order valence-electron chi connectivity index (χ4n) is 2.84. The first kappa shape index (κ1) is 12.1. The highest BCUT2D eigenvalue weighted by atomic mass is 32.2. The molecule has 2 aliphatic heterocycles. The molecule has 5 nitrogen and oxygen atoms in total. The number of rotatable bonds is 2. The SMILES string of the molecule is O=S1(=O)CC2NCCN(Cc3ccccn3)C2C1. The molecule has 1 aromatic rings. The van der Waals surface area contributed by atoms with Crippen molar-refractivity contribution in [2.45, 2.75) is 18.6 Å². The van der Waals surface area contributed by atoms with Crippen molar-refractivity contribution in [2.75, 3.05) is 24.6 Å². The molecule has 1 N–H and O–H groups in total. The summed E-state index contributed by atoms with van der Waals surface area (Å²) in [5.41, 5.74) is 1.00. The molecular weight excluding hydrogens is 250 g/mol. The second-order valence-electron chi connectivity index (χ2n) is 5.00. The van der Waals surface area contributed by atoms with E-state index in [0.717, 1.165) is 25.3 Å². The fraction of sp³-hybridized carbons (Fsp3) is 0.583. The number of hydrogen-bond acceptors (Lipinski definition) is 5. The summed E-state index contributed by atoms with van der Waals surface area (Å²) in [4.78, 5) is 6.56. The van der Waals surface area contributed by atoms with Gasteiger partial charge in [0.25, 0.3) is 0 Å². The van der Waals surface area contributed by atoms with Crippen LogP contribution in [0.3, 0.4) is 0 Å². The second kappa shape index (κ2) is 4.60. The Morgan fingerprint density at radius 2 is 2.28 bits per heavy atom. The summed E-state index contributed by atoms with van der Waals surface area (Å²) in [7, 11) is -2.88. The smallest absolute Gasteiger partial charge is 0.153 e. The molecule has 0 aromatic carbocycles. The van der Waals surface area contributed by atoms with Gasteiger partial charge in [0.2, 0.25) is 0 Å². The summed E-state index contributed by atoms with van der Waals surface area (Å²) < 4.78 is 23.4. The van der Waals surface area contributed by atoms with Crippen LogP contribution in [0.15, 0.2) is 24.4 Å². The molecule has 3 rings (SSSR count). The van der Waals surface area contributed by atoms with E-state index in [4.69, 9.17) is 0 Å². The van der Waals surface area contributed by atoms with Crippen molar-refractivity contribution in [1.29, 1.82) is 0 Å². The highest BCUT2D eigenvalue weighted by Crippen LogP contribution is 2.22. The maximum absolute atomic E-state index is 11.7. The molecule has 0 spiro atoms. The first-order valence-corrected chi connectivity index (χ1v) is 8.04. The zero-order valence-corrected chi connectivity index (χ0v) is 10.9. The summed E-state index contributed by atoms with van der Waals surface area (Å²) in [6.07, 6.45) is 1.78. The Bertz CT molecular complexity index is 517. The van der Waals surface area contributed by atoms with Crippen molar-refractivity contribution in [3.05, 3.63) is 30.1 Å². The zero-order valence-electron chi connectivity index (χ0n) is 10.1. The minimum Gasteiger partial charge on any atom is -0.310 e. The van der Waals surface area contributed by atoms with Crippen LogP contribution in [0.1, 0.15) is 5.69 Å². The van der Waals surface area contributed by atoms with Crippen molar-refractivity contribution in [2.24, 2.45) is 0 Å². The summed E-state index contributed by atoms with van der Waals surface area (Å²) in [6.45, 7) is 2.47. The summed E-state index contributed by atoms with van der Waals surface area (Å²) in [5.74, 6) is 0.549. The number of hydrogen-bond donors (Lipinski definition) is 1. The third-order valence-corrected chi connectivity index (χ3v) is 5.40. The predicted molar refractivity (Wildman–Crippen MR) is 68.9 cm³/mol. The summed E-state index contributed by atoms with van der Waals surface area (Å²) in [5, 5.41) is 3.31. The first-order valence-electron chi connectivity index (χ1n) is 6.22. The molecule has 6 heteroatoms. The molecule has 2 saturated heterocycles. The average Bonchev–Trinajstić information content (AvgIpc) is 2.66. The van der Waals surface area contributed by atoms with Gasteiger partial charge in [-0.25, -0.2) is 8.42 Å². The van der Waals surface area contributed by atoms with Crippen molar-refractivity contribution >= 4 is 9.84 Å². The van der Waals surface area contributed by atoms with Crippen LogP contribution in [0.2, 0.25) is 0 Å². The third kappa shape index (κ3) is 2.41. The van der Waals surface area contributed by atoms with Crippen LogP contribution in [0.25, 0.3) is 0 Å². The fourth-order valence-corrected chi connectivity index (χ4v) is 4.83. The molecule has 98 valence electrons. The molecule has 0 aliphatic carbocycles. The van der Waals surface area contributed by atoms with Crippen LogP contribution in [0, 0.1) is 0 Å². The van der Waals surface area contributed by atoms with Crippen LogP contribution in [-0.2, 0) is 16.4 Å². The van der Waals surface area contributed by atoms with Crippen molar-refractivity contribution < 1.29 is 8.42 Å². The number of fused-ring (bicyclic) bond motifs is 1. The highest BCUT2D eigenvalue weighted by Gasteiger charge is 2.42. The molecular formula is C12H17N3O2S. The van der Waals surface area contributed by atoms with Gasteiger partial charge < -0.3 is 5.32 Å². The van der Waals surface area contributed by atoms with E-state index in [2.05, 4.69) is 15.2 Å². The molecule has 0 saturated carbocycles. The topological polar surface area (TPSA) is 62.3 Å². The third-order valence-electron chi connectivity index (χ3n) is 3.69. The normalized spacial score (nSPS) is 31.1. The molecule has 2 fully saturated rings. The van der Waals surface area contributed by atoms with Crippen LogP contribution in [-0.4, -0.2) is 55.0 Å². The Morgan fingerprint density at radius 1 is 1.39 bits per heavy atom. The van der Waals surface area contributed by atoms with E-state index >= 15 is 0 Å². The lowest BCUT2D eigenvalue weighted by Crippen LogP contribution is -2.56. The van der Waals surface area contributed by atoms with E-state index in [1.54, 1.807) is 6.20 Å². The van der Waals surface area contributed by atoms with Crippen LogP contribution in [0.4, 0.5) is 0 Å². The first-order chi connectivity index (χ1) is 8.64. The van der Waals surface area contributed by atoms with Gasteiger partial charge in [0, 0.05) is 37.9 Å². The van der Waals surface area contributed by atoms with E-state index < -0.39 is 9.84 Å². The zero-order chi connectivity index (χ0) is 12.6. The lowest BCUT2D eigenvalue weighted by Gasteiger charge is -2.37. The van der Waals surface area contributed by atoms with E-state index in [0.29, 0.717) is 0 Å². The monoisotopic (exact) mass is 267 g/mol. The van der Waals surface area contributed by atoms with Gasteiger partial charge in [0.05, 0.1) is 17.2 Å². The Hall–Kier alpha value is -0.980. The average molecular weight is 267 g/mol. The summed E-state index contributed by atoms with van der Waals surface area (Å²) in [6, 6.07) is 6.04. The highest BCUT2D eigenvalue weighted by molar-refractivity contribution is 7.91. The molecule has 0 radical (unpaired) electrons. The van der Waals surface area contributed by atoms with Gasteiger partial charge in [-0.05, 0) is 12.1 Å². The molecule has 18 heavy (non-hydrogen) atoms. The van der Waals surface area contributed by atoms with Crippen LogP contribution < -0.4 is 5.32 Å². The van der Waals surface area contributed by atoms with Gasteiger partial charge in [-0.1, -0.05) is 6.07 Å². The van der Waals surface area contributed by atoms with Crippen LogP contribution >= 0.6 is 0 Å². The Kier molecular flexibility index (Phi) is 3.09. The standard InChI is InChI=1S/C12H17N3O2S/c16-18(17)8-11-12(9-18)15(6-5-14-11)7-10-3-1-2-4-13-10/h1-4,11-12,14H,5-9H2. The molecule has 2 aliphatic rings. The molecule has 3 heterocycles. The van der Waals surface area contributed by atoms with Gasteiger partial charge >= 0.3 is 0 Å². The lowest BCUT2D eigenvalue weighted by molar-refractivity contribution is 0.139.